The molecule has 1 amide bonds. The summed E-state index contributed by atoms with van der Waals surface area (Å²) >= 11 is 2.25. The lowest BCUT2D eigenvalue weighted by Crippen LogP contribution is -2.40. The number of nitrogens with one attached hydrogen (secondary N) is 1. The zero-order valence-corrected chi connectivity index (χ0v) is 23.4. The highest BCUT2D eigenvalue weighted by Gasteiger charge is 2.33. The Balaban J connectivity index is 2.28. The molecule has 1 atom stereocenters. The average Bonchev–Trinajstić information content (AvgIpc) is 3.10. The van der Waals surface area contributed by atoms with Gasteiger partial charge < -0.3 is 14.5 Å². The number of benzene rings is 1. The van der Waals surface area contributed by atoms with E-state index in [1.165, 1.54) is 7.11 Å². The Labute approximate surface area is 214 Å². The Bertz CT molecular complexity index is 1330. The van der Waals surface area contributed by atoms with Gasteiger partial charge in [-0.3, -0.25) is 0 Å². The summed E-state index contributed by atoms with van der Waals surface area (Å²) in [5.41, 5.74) is 2.46. The number of H-pyrrole nitrogens is 1. The van der Waals surface area contributed by atoms with Crippen molar-refractivity contribution < 1.29 is 22.7 Å². The van der Waals surface area contributed by atoms with E-state index in [-0.39, 0.29) is 17.4 Å². The van der Waals surface area contributed by atoms with Crippen LogP contribution >= 0.6 is 22.6 Å². The molecule has 0 aliphatic rings. The fraction of sp³-hybridized carbons (Fsp3) is 0.417. The van der Waals surface area contributed by atoms with Crippen LogP contribution in [0, 0.1) is 3.57 Å². The molecular formula is C24H30IN3O5S. The summed E-state index contributed by atoms with van der Waals surface area (Å²) in [6.45, 7) is 9.22. The summed E-state index contributed by atoms with van der Waals surface area (Å²) in [4.78, 5) is 21.1. The van der Waals surface area contributed by atoms with Crippen molar-refractivity contribution in [2.24, 2.45) is 0 Å². The summed E-state index contributed by atoms with van der Waals surface area (Å²) in [5.74, 6) is 0.387. The van der Waals surface area contributed by atoms with E-state index in [9.17, 15) is 13.2 Å². The van der Waals surface area contributed by atoms with E-state index in [0.29, 0.717) is 4.31 Å². The number of aromatic nitrogens is 2. The minimum absolute atomic E-state index is 0.0794. The van der Waals surface area contributed by atoms with Crippen LogP contribution < -0.4 is 9.04 Å². The van der Waals surface area contributed by atoms with Crippen molar-refractivity contribution in [1.29, 1.82) is 0 Å². The highest BCUT2D eigenvalue weighted by molar-refractivity contribution is 14.1. The lowest BCUT2D eigenvalue weighted by molar-refractivity contribution is 0.0608. The second kappa shape index (κ2) is 9.73. The van der Waals surface area contributed by atoms with Gasteiger partial charge in [0.05, 0.1) is 19.1 Å². The number of hydrogen-bond donors (Lipinski definition) is 1. The minimum Gasteiger partial charge on any atom is -0.495 e. The quantitative estimate of drug-likeness (QED) is 0.346. The third kappa shape index (κ3) is 5.48. The van der Waals surface area contributed by atoms with Crippen LogP contribution in [0.15, 0.2) is 30.5 Å². The number of fused-ring (bicyclic) bond motifs is 1. The lowest BCUT2D eigenvalue weighted by atomic mass is 9.94. The lowest BCUT2D eigenvalue weighted by Gasteiger charge is -2.27. The van der Waals surface area contributed by atoms with Gasteiger partial charge in [0, 0.05) is 20.7 Å². The van der Waals surface area contributed by atoms with E-state index < -0.39 is 21.7 Å². The number of nitrogens with zero attached hydrogens (tertiary/aromatic N) is 2. The Morgan fingerprint density at radius 2 is 1.94 bits per heavy atom. The number of anilines is 1. The molecule has 3 rings (SSSR count). The van der Waals surface area contributed by atoms with Crippen molar-refractivity contribution in [3.63, 3.8) is 0 Å². The van der Waals surface area contributed by atoms with Gasteiger partial charge in [-0.2, -0.15) is 4.31 Å². The Morgan fingerprint density at radius 1 is 1.26 bits per heavy atom. The van der Waals surface area contributed by atoms with Crippen molar-refractivity contribution in [2.75, 3.05) is 17.7 Å². The second-order valence-corrected chi connectivity index (χ2v) is 12.2. The zero-order chi connectivity index (χ0) is 25.4. The first-order valence-electron chi connectivity index (χ1n) is 10.9. The number of halogens is 1. The van der Waals surface area contributed by atoms with Crippen LogP contribution in [0.5, 0.6) is 5.75 Å². The molecule has 0 radical (unpaired) electrons. The molecule has 0 aliphatic heterocycles. The summed E-state index contributed by atoms with van der Waals surface area (Å²) < 4.78 is 38.0. The number of methoxy groups -OCH3 is 1. The number of pyridine rings is 1. The molecule has 2 aromatic heterocycles. The van der Waals surface area contributed by atoms with Crippen LogP contribution in [0.2, 0.25) is 0 Å². The first-order valence-corrected chi connectivity index (χ1v) is 13.8. The number of carbonyl (C=O) groups is 1. The van der Waals surface area contributed by atoms with E-state index in [1.807, 2.05) is 18.3 Å². The molecule has 34 heavy (non-hydrogen) atoms. The molecular weight excluding hydrogens is 569 g/mol. The van der Waals surface area contributed by atoms with Crippen LogP contribution in [-0.2, 0) is 14.8 Å². The zero-order valence-electron chi connectivity index (χ0n) is 20.4. The SMILES string of the molecule is CCC(C)c1nc2[nH]cc(I)c2cc1-c1ccc(OC)c(N(C(=O)OC(C)(C)C)S(C)(=O)=O)c1. The molecule has 8 nitrogen and oxygen atoms in total. The first-order chi connectivity index (χ1) is 15.8. The molecule has 0 saturated carbocycles. The third-order valence-corrected chi connectivity index (χ3v) is 7.23. The van der Waals surface area contributed by atoms with Crippen molar-refractivity contribution in [2.45, 2.75) is 52.6 Å². The number of amides is 1. The van der Waals surface area contributed by atoms with Crippen molar-refractivity contribution in [3.05, 3.63) is 39.7 Å². The van der Waals surface area contributed by atoms with Crippen LogP contribution in [0.25, 0.3) is 22.2 Å². The Hall–Kier alpha value is -2.34. The van der Waals surface area contributed by atoms with Gasteiger partial charge in [-0.25, -0.2) is 18.2 Å². The molecule has 0 aliphatic carbocycles. The van der Waals surface area contributed by atoms with Gasteiger partial charge in [-0.15, -0.1) is 0 Å². The van der Waals surface area contributed by atoms with Gasteiger partial charge in [-0.1, -0.05) is 19.9 Å². The molecule has 3 aromatic rings. The standard InChI is InChI=1S/C24H30IN3O5S/c1-8-14(2)21-16(12-17-18(25)13-26-22(17)27-21)15-9-10-20(32-6)19(11-15)28(34(7,30)31)23(29)33-24(3,4)5/h9-14H,8H2,1-7H3,(H,26,27). The maximum absolute atomic E-state index is 13.0. The van der Waals surface area contributed by atoms with Gasteiger partial charge in [0.2, 0.25) is 10.0 Å². The third-order valence-electron chi connectivity index (χ3n) is 5.32. The van der Waals surface area contributed by atoms with Gasteiger partial charge >= 0.3 is 6.09 Å². The van der Waals surface area contributed by atoms with Crippen molar-refractivity contribution in [3.8, 4) is 16.9 Å². The molecule has 0 bridgehead atoms. The average molecular weight is 599 g/mol. The number of hydrogen-bond acceptors (Lipinski definition) is 6. The van der Waals surface area contributed by atoms with Gasteiger partial charge in [-0.05, 0) is 79.5 Å². The smallest absolute Gasteiger partial charge is 0.429 e. The van der Waals surface area contributed by atoms with E-state index in [1.54, 1.807) is 32.9 Å². The topological polar surface area (TPSA) is 102 Å². The maximum Gasteiger partial charge on any atom is 0.429 e. The first kappa shape index (κ1) is 26.3. The summed E-state index contributed by atoms with van der Waals surface area (Å²) in [6.07, 6.45) is 2.74. The number of aromatic amines is 1. The number of rotatable bonds is 6. The summed E-state index contributed by atoms with van der Waals surface area (Å²) in [7, 11) is -2.60. The van der Waals surface area contributed by atoms with E-state index >= 15 is 0 Å². The summed E-state index contributed by atoms with van der Waals surface area (Å²) in [5, 5.41) is 0.965. The minimum atomic E-state index is -4.03. The molecule has 10 heteroatoms. The molecule has 1 unspecified atom stereocenters. The fourth-order valence-corrected chi connectivity index (χ4v) is 4.94. The predicted octanol–water partition coefficient (Wildman–Crippen LogP) is 6.06. The monoisotopic (exact) mass is 599 g/mol. The molecule has 0 saturated heterocycles. The number of sulfonamides is 1. The number of ether oxygens (including phenoxy) is 2. The Morgan fingerprint density at radius 3 is 2.50 bits per heavy atom. The molecule has 1 N–H and O–H groups in total. The van der Waals surface area contributed by atoms with Gasteiger partial charge in [0.15, 0.2) is 0 Å². The van der Waals surface area contributed by atoms with Crippen LogP contribution in [-0.4, -0.2) is 43.4 Å². The highest BCUT2D eigenvalue weighted by Crippen LogP contribution is 2.39. The van der Waals surface area contributed by atoms with Gasteiger partial charge in [0.1, 0.15) is 22.7 Å². The van der Waals surface area contributed by atoms with Gasteiger partial charge in [0.25, 0.3) is 0 Å². The normalized spacial score (nSPS) is 13.1. The van der Waals surface area contributed by atoms with Crippen LogP contribution in [0.3, 0.4) is 0 Å². The van der Waals surface area contributed by atoms with E-state index in [0.717, 1.165) is 44.1 Å². The summed E-state index contributed by atoms with van der Waals surface area (Å²) in [6, 6.07) is 7.18. The van der Waals surface area contributed by atoms with E-state index in [2.05, 4.69) is 41.4 Å². The van der Waals surface area contributed by atoms with Crippen LogP contribution in [0.4, 0.5) is 10.5 Å². The molecule has 1 aromatic carbocycles. The predicted molar refractivity (Wildman–Crippen MR) is 143 cm³/mol. The second-order valence-electron chi connectivity index (χ2n) is 9.16. The van der Waals surface area contributed by atoms with Crippen molar-refractivity contribution in [1.82, 2.24) is 9.97 Å². The molecule has 0 fully saturated rings. The van der Waals surface area contributed by atoms with Crippen LogP contribution in [0.1, 0.15) is 52.7 Å². The Kier molecular flexibility index (Phi) is 7.51. The highest BCUT2D eigenvalue weighted by atomic mass is 127. The fourth-order valence-electron chi connectivity index (χ4n) is 3.56. The largest absolute Gasteiger partial charge is 0.495 e. The molecule has 2 heterocycles. The molecule has 184 valence electrons. The maximum atomic E-state index is 13.0. The van der Waals surface area contributed by atoms with E-state index in [4.69, 9.17) is 14.5 Å². The van der Waals surface area contributed by atoms with Crippen molar-refractivity contribution >= 4 is 55.4 Å². The molecule has 0 spiro atoms. The number of carbonyl (C=O) groups excluding carboxylic acids is 1.